The van der Waals surface area contributed by atoms with Crippen molar-refractivity contribution in [1.82, 2.24) is 15.8 Å². The molecule has 1 aromatic carbocycles. The fourth-order valence-corrected chi connectivity index (χ4v) is 3.44. The van der Waals surface area contributed by atoms with Crippen LogP contribution in [-0.2, 0) is 9.59 Å². The number of amides is 2. The highest BCUT2D eigenvalue weighted by atomic mass is 16.2. The average Bonchev–Trinajstić information content (AvgIpc) is 2.99. The number of rotatable bonds is 6. The number of carbonyl (C=O) groups is 2. The van der Waals surface area contributed by atoms with Crippen LogP contribution in [-0.4, -0.2) is 42.4 Å². The zero-order chi connectivity index (χ0) is 18.6. The molecule has 1 fully saturated rings. The van der Waals surface area contributed by atoms with Gasteiger partial charge < -0.3 is 10.2 Å². The maximum Gasteiger partial charge on any atom is 0.243 e. The van der Waals surface area contributed by atoms with Crippen molar-refractivity contribution in [2.75, 3.05) is 18.9 Å². The number of likely N-dealkylation sites (N-methyl/N-ethyl adjacent to an activating group) is 1. The Kier molecular flexibility index (Phi) is 6.56. The van der Waals surface area contributed by atoms with Crippen LogP contribution < -0.4 is 16.2 Å². The topological polar surface area (TPSA) is 73.5 Å². The Morgan fingerprint density at radius 2 is 1.84 bits per heavy atom. The van der Waals surface area contributed by atoms with Crippen molar-refractivity contribution in [3.05, 3.63) is 28.8 Å². The molecule has 0 radical (unpaired) electrons. The number of hydrogen-bond donors (Lipinski definition) is 3. The molecule has 0 bridgehead atoms. The molecule has 25 heavy (non-hydrogen) atoms. The molecule has 3 N–H and O–H groups in total. The SMILES string of the molecule is CCCC1CC(C(=O)N(C)CC(=O)Nc2c(C)cc(C)cc2C)NN1. The maximum absolute atomic E-state index is 12.5. The zero-order valence-electron chi connectivity index (χ0n) is 15.9. The van der Waals surface area contributed by atoms with Crippen molar-refractivity contribution in [2.45, 2.75) is 59.0 Å². The smallest absolute Gasteiger partial charge is 0.243 e. The fourth-order valence-electron chi connectivity index (χ4n) is 3.44. The molecule has 1 aliphatic heterocycles. The van der Waals surface area contributed by atoms with Gasteiger partial charge in [0.1, 0.15) is 6.04 Å². The Morgan fingerprint density at radius 3 is 2.44 bits per heavy atom. The van der Waals surface area contributed by atoms with Crippen LogP contribution in [0.5, 0.6) is 0 Å². The summed E-state index contributed by atoms with van der Waals surface area (Å²) in [7, 11) is 1.67. The third-order valence-electron chi connectivity index (χ3n) is 4.62. The number of hydrazine groups is 1. The van der Waals surface area contributed by atoms with E-state index < -0.39 is 0 Å². The number of nitrogens with one attached hydrogen (secondary N) is 3. The van der Waals surface area contributed by atoms with E-state index in [9.17, 15) is 9.59 Å². The predicted octanol–water partition coefficient (Wildman–Crippen LogP) is 2.04. The van der Waals surface area contributed by atoms with Gasteiger partial charge in [-0.2, -0.15) is 0 Å². The van der Waals surface area contributed by atoms with Crippen LogP contribution in [0.2, 0.25) is 0 Å². The van der Waals surface area contributed by atoms with Gasteiger partial charge in [-0.05, 0) is 44.7 Å². The van der Waals surface area contributed by atoms with Gasteiger partial charge in [-0.3, -0.25) is 15.0 Å². The number of hydrogen-bond acceptors (Lipinski definition) is 4. The second kappa shape index (κ2) is 8.45. The highest BCUT2D eigenvalue weighted by Gasteiger charge is 2.31. The second-order valence-electron chi connectivity index (χ2n) is 7.08. The lowest BCUT2D eigenvalue weighted by Crippen LogP contribution is -2.46. The van der Waals surface area contributed by atoms with E-state index in [1.807, 2.05) is 32.9 Å². The minimum absolute atomic E-state index is 0.0439. The Hall–Kier alpha value is -1.92. The lowest BCUT2D eigenvalue weighted by Gasteiger charge is -2.21. The first kappa shape index (κ1) is 19.4. The molecule has 2 unspecified atom stereocenters. The van der Waals surface area contributed by atoms with E-state index in [0.29, 0.717) is 6.04 Å². The van der Waals surface area contributed by atoms with E-state index in [-0.39, 0.29) is 24.4 Å². The Labute approximate surface area is 150 Å². The molecule has 0 aromatic heterocycles. The first-order chi connectivity index (χ1) is 11.8. The highest BCUT2D eigenvalue weighted by Crippen LogP contribution is 2.22. The number of carbonyl (C=O) groups excluding carboxylic acids is 2. The number of aryl methyl sites for hydroxylation is 3. The minimum atomic E-state index is -0.266. The molecule has 138 valence electrons. The molecule has 1 aromatic rings. The van der Waals surface area contributed by atoms with Crippen LogP contribution in [0.1, 0.15) is 42.9 Å². The van der Waals surface area contributed by atoms with Gasteiger partial charge in [0.05, 0.1) is 6.54 Å². The van der Waals surface area contributed by atoms with Gasteiger partial charge >= 0.3 is 0 Å². The summed E-state index contributed by atoms with van der Waals surface area (Å²) in [6.07, 6.45) is 2.87. The van der Waals surface area contributed by atoms with Gasteiger partial charge in [0.15, 0.2) is 0 Å². The lowest BCUT2D eigenvalue weighted by atomic mass is 10.0. The van der Waals surface area contributed by atoms with Crippen molar-refractivity contribution in [1.29, 1.82) is 0 Å². The quantitative estimate of drug-likeness (QED) is 0.737. The van der Waals surface area contributed by atoms with Gasteiger partial charge in [-0.1, -0.05) is 31.0 Å². The lowest BCUT2D eigenvalue weighted by molar-refractivity contribution is -0.134. The van der Waals surface area contributed by atoms with Crippen LogP contribution in [0, 0.1) is 20.8 Å². The van der Waals surface area contributed by atoms with E-state index in [1.54, 1.807) is 7.05 Å². The number of nitrogens with zero attached hydrogens (tertiary/aromatic N) is 1. The first-order valence-electron chi connectivity index (χ1n) is 8.95. The molecule has 0 aliphatic carbocycles. The summed E-state index contributed by atoms with van der Waals surface area (Å²) in [5, 5.41) is 2.94. The molecule has 0 spiro atoms. The van der Waals surface area contributed by atoms with Gasteiger partial charge in [0.25, 0.3) is 0 Å². The van der Waals surface area contributed by atoms with E-state index >= 15 is 0 Å². The average molecular weight is 346 g/mol. The van der Waals surface area contributed by atoms with Gasteiger partial charge in [0.2, 0.25) is 11.8 Å². The van der Waals surface area contributed by atoms with Crippen LogP contribution in [0.3, 0.4) is 0 Å². The Morgan fingerprint density at radius 1 is 1.20 bits per heavy atom. The molecule has 0 saturated carbocycles. The van der Waals surface area contributed by atoms with Gasteiger partial charge in [-0.25, -0.2) is 5.43 Å². The largest absolute Gasteiger partial charge is 0.335 e. The third-order valence-corrected chi connectivity index (χ3v) is 4.62. The van der Waals surface area contributed by atoms with E-state index in [0.717, 1.165) is 36.1 Å². The molecule has 1 saturated heterocycles. The second-order valence-corrected chi connectivity index (χ2v) is 7.08. The summed E-state index contributed by atoms with van der Waals surface area (Å²) in [6, 6.07) is 4.13. The summed E-state index contributed by atoms with van der Waals surface area (Å²) in [5.74, 6) is -0.236. The summed E-state index contributed by atoms with van der Waals surface area (Å²) < 4.78 is 0. The third kappa shape index (κ3) is 5.03. The molecule has 6 heteroatoms. The Balaban J connectivity index is 1.91. The summed E-state index contributed by atoms with van der Waals surface area (Å²) in [4.78, 5) is 26.4. The first-order valence-corrected chi connectivity index (χ1v) is 8.95. The summed E-state index contributed by atoms with van der Waals surface area (Å²) in [5.41, 5.74) is 10.3. The summed E-state index contributed by atoms with van der Waals surface area (Å²) >= 11 is 0. The zero-order valence-corrected chi connectivity index (χ0v) is 15.9. The molecular formula is C19H30N4O2. The predicted molar refractivity (Wildman–Crippen MR) is 100 cm³/mol. The molecule has 2 rings (SSSR count). The molecule has 1 heterocycles. The normalized spacial score (nSPS) is 19.7. The monoisotopic (exact) mass is 346 g/mol. The maximum atomic E-state index is 12.5. The van der Waals surface area contributed by atoms with Gasteiger partial charge in [-0.15, -0.1) is 0 Å². The van der Waals surface area contributed by atoms with Crippen molar-refractivity contribution in [2.24, 2.45) is 0 Å². The molecule has 1 aliphatic rings. The van der Waals surface area contributed by atoms with Crippen LogP contribution >= 0.6 is 0 Å². The molecule has 6 nitrogen and oxygen atoms in total. The molecular weight excluding hydrogens is 316 g/mol. The van der Waals surface area contributed by atoms with Crippen molar-refractivity contribution in [3.63, 3.8) is 0 Å². The Bertz CT molecular complexity index is 621. The van der Waals surface area contributed by atoms with Crippen LogP contribution in [0.4, 0.5) is 5.69 Å². The van der Waals surface area contributed by atoms with E-state index in [2.05, 4.69) is 23.1 Å². The highest BCUT2D eigenvalue weighted by molar-refractivity contribution is 5.96. The number of anilines is 1. The van der Waals surface area contributed by atoms with Crippen molar-refractivity contribution < 1.29 is 9.59 Å². The molecule has 2 atom stereocenters. The fraction of sp³-hybridized carbons (Fsp3) is 0.579. The standard InChI is InChI=1S/C19H30N4O2/c1-6-7-15-10-16(22-21-15)19(25)23(5)11-17(24)20-18-13(3)8-12(2)9-14(18)4/h8-9,15-16,21-22H,6-7,10-11H2,1-5H3,(H,20,24). The van der Waals surface area contributed by atoms with E-state index in [1.165, 1.54) is 10.5 Å². The van der Waals surface area contributed by atoms with E-state index in [4.69, 9.17) is 0 Å². The van der Waals surface area contributed by atoms with Crippen LogP contribution in [0.15, 0.2) is 12.1 Å². The minimum Gasteiger partial charge on any atom is -0.335 e. The van der Waals surface area contributed by atoms with Crippen molar-refractivity contribution >= 4 is 17.5 Å². The summed E-state index contributed by atoms with van der Waals surface area (Å²) in [6.45, 7) is 8.16. The molecule has 2 amide bonds. The van der Waals surface area contributed by atoms with Gasteiger partial charge in [0, 0.05) is 18.8 Å². The van der Waals surface area contributed by atoms with Crippen molar-refractivity contribution in [3.8, 4) is 0 Å². The van der Waals surface area contributed by atoms with Crippen LogP contribution in [0.25, 0.3) is 0 Å². The number of benzene rings is 1.